The predicted octanol–water partition coefficient (Wildman–Crippen LogP) is 3.01. The Morgan fingerprint density at radius 3 is 2.52 bits per heavy atom. The van der Waals surface area contributed by atoms with Crippen molar-refractivity contribution in [2.45, 2.75) is 45.3 Å². The molecule has 0 aromatic heterocycles. The minimum Gasteiger partial charge on any atom is -0.345 e. The number of hydrogen-bond acceptors (Lipinski definition) is 2. The molecule has 1 aromatic rings. The minimum absolute atomic E-state index is 0.0706. The van der Waals surface area contributed by atoms with Gasteiger partial charge in [0.15, 0.2) is 0 Å². The van der Waals surface area contributed by atoms with Gasteiger partial charge in [-0.15, -0.1) is 0 Å². The molecule has 1 saturated carbocycles. The quantitative estimate of drug-likeness (QED) is 0.903. The van der Waals surface area contributed by atoms with Crippen LogP contribution in [-0.4, -0.2) is 28.8 Å². The first-order valence-corrected chi connectivity index (χ1v) is 7.65. The molecule has 0 radical (unpaired) electrons. The third-order valence-electron chi connectivity index (χ3n) is 3.40. The summed E-state index contributed by atoms with van der Waals surface area (Å²) in [4.78, 5) is 25.4. The molecule has 0 aliphatic heterocycles. The molecule has 4 nitrogen and oxygen atoms in total. The molecule has 2 amide bonds. The maximum absolute atomic E-state index is 12.5. The van der Waals surface area contributed by atoms with Crippen LogP contribution in [0.4, 0.5) is 0 Å². The highest BCUT2D eigenvalue weighted by atomic mass is 35.5. The lowest BCUT2D eigenvalue weighted by molar-refractivity contribution is -0.136. The lowest BCUT2D eigenvalue weighted by Crippen LogP contribution is -2.46. The van der Waals surface area contributed by atoms with Crippen molar-refractivity contribution in [1.29, 1.82) is 0 Å². The van der Waals surface area contributed by atoms with E-state index >= 15 is 0 Å². The molecular weight excluding hydrogens is 311 g/mol. The Balaban J connectivity index is 2.10. The summed E-state index contributed by atoms with van der Waals surface area (Å²) < 4.78 is 0. The van der Waals surface area contributed by atoms with Crippen molar-refractivity contribution in [2.24, 2.45) is 0 Å². The van der Waals surface area contributed by atoms with Crippen molar-refractivity contribution in [2.75, 3.05) is 0 Å². The van der Waals surface area contributed by atoms with Crippen molar-refractivity contribution in [3.63, 3.8) is 0 Å². The van der Waals surface area contributed by atoms with Gasteiger partial charge in [-0.2, -0.15) is 0 Å². The zero-order valence-corrected chi connectivity index (χ0v) is 13.5. The number of nitrogens with one attached hydrogen (secondary N) is 1. The summed E-state index contributed by atoms with van der Waals surface area (Å²) in [6.45, 7) is 3.59. The van der Waals surface area contributed by atoms with Crippen molar-refractivity contribution in [3.05, 3.63) is 33.8 Å². The Hall–Kier alpha value is -1.26. The fourth-order valence-electron chi connectivity index (χ4n) is 2.22. The molecule has 1 aliphatic rings. The van der Waals surface area contributed by atoms with Gasteiger partial charge in [0.2, 0.25) is 11.8 Å². The normalized spacial score (nSPS) is 15.4. The Morgan fingerprint density at radius 2 is 2.00 bits per heavy atom. The Morgan fingerprint density at radius 1 is 1.33 bits per heavy atom. The van der Waals surface area contributed by atoms with Gasteiger partial charge in [-0.3, -0.25) is 9.59 Å². The van der Waals surface area contributed by atoms with Crippen LogP contribution in [0.5, 0.6) is 0 Å². The van der Waals surface area contributed by atoms with Crippen LogP contribution in [0.3, 0.4) is 0 Å². The molecule has 6 heteroatoms. The maximum Gasteiger partial charge on any atom is 0.245 e. The summed E-state index contributed by atoms with van der Waals surface area (Å²) in [5.41, 5.74) is 0.930. The zero-order valence-electron chi connectivity index (χ0n) is 12.0. The van der Waals surface area contributed by atoms with Crippen LogP contribution < -0.4 is 5.32 Å². The van der Waals surface area contributed by atoms with Crippen LogP contribution in [0.15, 0.2) is 18.2 Å². The Labute approximate surface area is 134 Å². The van der Waals surface area contributed by atoms with Crippen LogP contribution in [0, 0.1) is 0 Å². The van der Waals surface area contributed by atoms with Gasteiger partial charge in [0.1, 0.15) is 6.04 Å². The second-order valence-electron chi connectivity index (χ2n) is 5.37. The second-order valence-corrected chi connectivity index (χ2v) is 6.18. The van der Waals surface area contributed by atoms with Crippen LogP contribution in [0.25, 0.3) is 0 Å². The third kappa shape index (κ3) is 4.35. The highest BCUT2D eigenvalue weighted by molar-refractivity contribution is 6.42. The smallest absolute Gasteiger partial charge is 0.245 e. The van der Waals surface area contributed by atoms with Gasteiger partial charge in [0.25, 0.3) is 0 Å². The van der Waals surface area contributed by atoms with E-state index in [1.807, 2.05) is 6.07 Å². The Kier molecular flexibility index (Phi) is 5.12. The first-order valence-electron chi connectivity index (χ1n) is 6.90. The summed E-state index contributed by atoms with van der Waals surface area (Å²) in [6, 6.07) is 5.09. The molecule has 2 rings (SSSR count). The van der Waals surface area contributed by atoms with Crippen molar-refractivity contribution in [1.82, 2.24) is 10.2 Å². The largest absolute Gasteiger partial charge is 0.345 e. The fraction of sp³-hybridized carbons (Fsp3) is 0.467. The topological polar surface area (TPSA) is 49.4 Å². The first-order chi connectivity index (χ1) is 9.88. The predicted molar refractivity (Wildman–Crippen MR) is 83.3 cm³/mol. The highest BCUT2D eigenvalue weighted by Gasteiger charge is 2.34. The lowest BCUT2D eigenvalue weighted by Gasteiger charge is -2.26. The van der Waals surface area contributed by atoms with Crippen LogP contribution in [0.2, 0.25) is 10.0 Å². The average molecular weight is 329 g/mol. The van der Waals surface area contributed by atoms with E-state index in [0.717, 1.165) is 18.4 Å². The van der Waals surface area contributed by atoms with E-state index in [4.69, 9.17) is 23.2 Å². The van der Waals surface area contributed by atoms with E-state index in [1.165, 1.54) is 6.92 Å². The standard InChI is InChI=1S/C15H18Cl2N2O2/c1-9(18-10(2)20)15(21)19(12-4-5-12)8-11-3-6-13(16)14(17)7-11/h3,6-7,9,12H,4-5,8H2,1-2H3,(H,18,20). The molecule has 21 heavy (non-hydrogen) atoms. The van der Waals surface area contributed by atoms with Gasteiger partial charge < -0.3 is 10.2 Å². The van der Waals surface area contributed by atoms with Crippen LogP contribution in [0.1, 0.15) is 32.3 Å². The lowest BCUT2D eigenvalue weighted by atomic mass is 10.2. The number of nitrogens with zero attached hydrogens (tertiary/aromatic N) is 1. The third-order valence-corrected chi connectivity index (χ3v) is 4.14. The van der Waals surface area contributed by atoms with Gasteiger partial charge in [-0.1, -0.05) is 29.3 Å². The first kappa shape index (κ1) is 16.1. The summed E-state index contributed by atoms with van der Waals surface area (Å²) in [7, 11) is 0. The number of amides is 2. The molecule has 1 fully saturated rings. The molecule has 0 heterocycles. The maximum atomic E-state index is 12.5. The van der Waals surface area contributed by atoms with Crippen molar-refractivity contribution >= 4 is 35.0 Å². The molecule has 1 N–H and O–H groups in total. The number of halogens is 2. The van der Waals surface area contributed by atoms with Crippen LogP contribution in [-0.2, 0) is 16.1 Å². The van der Waals surface area contributed by atoms with Crippen molar-refractivity contribution < 1.29 is 9.59 Å². The van der Waals surface area contributed by atoms with E-state index in [2.05, 4.69) is 5.32 Å². The number of hydrogen-bond donors (Lipinski definition) is 1. The summed E-state index contributed by atoms with van der Waals surface area (Å²) in [6.07, 6.45) is 2.00. The summed E-state index contributed by atoms with van der Waals surface area (Å²) in [5.74, 6) is -0.278. The van der Waals surface area contributed by atoms with Crippen molar-refractivity contribution in [3.8, 4) is 0 Å². The van der Waals surface area contributed by atoms with Crippen LogP contribution >= 0.6 is 23.2 Å². The van der Waals surface area contributed by atoms with E-state index in [1.54, 1.807) is 24.0 Å². The van der Waals surface area contributed by atoms with E-state index in [-0.39, 0.29) is 17.9 Å². The number of carbonyl (C=O) groups excluding carboxylic acids is 2. The van der Waals surface area contributed by atoms with Gasteiger partial charge in [0, 0.05) is 19.5 Å². The monoisotopic (exact) mass is 328 g/mol. The molecule has 0 spiro atoms. The van der Waals surface area contributed by atoms with Gasteiger partial charge in [-0.25, -0.2) is 0 Å². The molecule has 1 aliphatic carbocycles. The SMILES string of the molecule is CC(=O)NC(C)C(=O)N(Cc1ccc(Cl)c(Cl)c1)C1CC1. The highest BCUT2D eigenvalue weighted by Crippen LogP contribution is 2.30. The molecule has 1 unspecified atom stereocenters. The minimum atomic E-state index is -0.522. The average Bonchev–Trinajstić information content (AvgIpc) is 3.22. The molecule has 0 bridgehead atoms. The van der Waals surface area contributed by atoms with E-state index in [9.17, 15) is 9.59 Å². The number of benzene rings is 1. The summed E-state index contributed by atoms with van der Waals surface area (Å²) >= 11 is 11.9. The molecule has 1 atom stereocenters. The fourth-order valence-corrected chi connectivity index (χ4v) is 2.54. The summed E-state index contributed by atoms with van der Waals surface area (Å²) in [5, 5.41) is 3.61. The zero-order chi connectivity index (χ0) is 15.6. The number of rotatable bonds is 5. The van der Waals surface area contributed by atoms with Gasteiger partial charge in [-0.05, 0) is 37.5 Å². The van der Waals surface area contributed by atoms with E-state index in [0.29, 0.717) is 16.6 Å². The molecule has 114 valence electrons. The molecule has 1 aromatic carbocycles. The second kappa shape index (κ2) is 6.67. The van der Waals surface area contributed by atoms with Gasteiger partial charge in [0.05, 0.1) is 10.0 Å². The number of carbonyl (C=O) groups is 2. The molecular formula is C15H18Cl2N2O2. The Bertz CT molecular complexity index is 559. The molecule has 0 saturated heterocycles. The van der Waals surface area contributed by atoms with Gasteiger partial charge >= 0.3 is 0 Å². The van der Waals surface area contributed by atoms with E-state index < -0.39 is 6.04 Å².